The SMILES string of the molecule is COC(=O)c1cccc(C(=O)OC)n1. The summed E-state index contributed by atoms with van der Waals surface area (Å²) < 4.78 is 8.90. The van der Waals surface area contributed by atoms with Crippen LogP contribution < -0.4 is 0 Å². The number of hydrogen-bond donors (Lipinski definition) is 0. The van der Waals surface area contributed by atoms with Crippen LogP contribution in [-0.2, 0) is 9.47 Å². The Morgan fingerprint density at radius 2 is 1.50 bits per heavy atom. The highest BCUT2D eigenvalue weighted by Crippen LogP contribution is 2.02. The fraction of sp³-hybridized carbons (Fsp3) is 0.222. The first kappa shape index (κ1) is 10.2. The molecule has 74 valence electrons. The highest BCUT2D eigenvalue weighted by Gasteiger charge is 2.11. The summed E-state index contributed by atoms with van der Waals surface area (Å²) in [6.45, 7) is 0. The van der Waals surface area contributed by atoms with Crippen molar-refractivity contribution in [1.82, 2.24) is 4.98 Å². The number of pyridine rings is 1. The average molecular weight is 195 g/mol. The van der Waals surface area contributed by atoms with Gasteiger partial charge in [-0.15, -0.1) is 0 Å². The quantitative estimate of drug-likeness (QED) is 0.648. The number of ether oxygens (including phenoxy) is 2. The standard InChI is InChI=1S/C9H9NO4/c1-13-8(11)6-4-3-5-7(10-6)9(12)14-2/h3-5H,1-2H3. The zero-order chi connectivity index (χ0) is 10.6. The summed E-state index contributed by atoms with van der Waals surface area (Å²) in [4.78, 5) is 25.8. The molecular formula is C9H9NO4. The Balaban J connectivity index is 3.01. The molecule has 5 nitrogen and oxygen atoms in total. The van der Waals surface area contributed by atoms with Gasteiger partial charge in [-0.3, -0.25) is 0 Å². The van der Waals surface area contributed by atoms with Gasteiger partial charge < -0.3 is 9.47 Å². The van der Waals surface area contributed by atoms with Crippen molar-refractivity contribution in [2.24, 2.45) is 0 Å². The van der Waals surface area contributed by atoms with E-state index in [0.29, 0.717) is 0 Å². The van der Waals surface area contributed by atoms with E-state index in [2.05, 4.69) is 14.5 Å². The molecule has 0 N–H and O–H groups in total. The fourth-order valence-corrected chi connectivity index (χ4v) is 0.871. The molecule has 0 atom stereocenters. The maximum atomic E-state index is 11.0. The minimum Gasteiger partial charge on any atom is -0.464 e. The summed E-state index contributed by atoms with van der Waals surface area (Å²) in [5.41, 5.74) is 0.158. The van der Waals surface area contributed by atoms with Gasteiger partial charge in [0.15, 0.2) is 0 Å². The molecule has 0 bridgehead atoms. The van der Waals surface area contributed by atoms with E-state index in [1.165, 1.54) is 32.4 Å². The van der Waals surface area contributed by atoms with E-state index in [0.717, 1.165) is 0 Å². The van der Waals surface area contributed by atoms with Crippen LogP contribution in [0.2, 0.25) is 0 Å². The number of hydrogen-bond acceptors (Lipinski definition) is 5. The van der Waals surface area contributed by atoms with Gasteiger partial charge in [-0.2, -0.15) is 0 Å². The maximum absolute atomic E-state index is 11.0. The molecule has 1 aromatic heterocycles. The molecule has 1 heterocycles. The highest BCUT2D eigenvalue weighted by atomic mass is 16.5. The molecule has 0 amide bonds. The Labute approximate surface area is 80.7 Å². The van der Waals surface area contributed by atoms with Crippen LogP contribution in [0.15, 0.2) is 18.2 Å². The number of carbonyl (C=O) groups excluding carboxylic acids is 2. The molecule has 1 rings (SSSR count). The zero-order valence-electron chi connectivity index (χ0n) is 7.81. The summed E-state index contributed by atoms with van der Waals surface area (Å²) in [6, 6.07) is 4.45. The summed E-state index contributed by atoms with van der Waals surface area (Å²) in [5.74, 6) is -1.17. The lowest BCUT2D eigenvalue weighted by Crippen LogP contribution is -2.10. The summed E-state index contributed by atoms with van der Waals surface area (Å²) in [5, 5.41) is 0. The van der Waals surface area contributed by atoms with Gasteiger partial charge in [0.1, 0.15) is 11.4 Å². The van der Waals surface area contributed by atoms with Crippen LogP contribution in [-0.4, -0.2) is 31.1 Å². The second kappa shape index (κ2) is 4.36. The van der Waals surface area contributed by atoms with E-state index in [4.69, 9.17) is 0 Å². The Morgan fingerprint density at radius 3 is 1.86 bits per heavy atom. The van der Waals surface area contributed by atoms with Gasteiger partial charge in [0.2, 0.25) is 0 Å². The van der Waals surface area contributed by atoms with Gasteiger partial charge in [-0.25, -0.2) is 14.6 Å². The van der Waals surface area contributed by atoms with Crippen molar-refractivity contribution < 1.29 is 19.1 Å². The first-order chi connectivity index (χ1) is 6.69. The predicted molar refractivity (Wildman–Crippen MR) is 46.9 cm³/mol. The van der Waals surface area contributed by atoms with Gasteiger partial charge in [0.25, 0.3) is 0 Å². The van der Waals surface area contributed by atoms with Crippen LogP contribution in [0, 0.1) is 0 Å². The molecule has 0 saturated carbocycles. The minimum atomic E-state index is -0.587. The Morgan fingerprint density at radius 1 is 1.07 bits per heavy atom. The topological polar surface area (TPSA) is 65.5 Å². The largest absolute Gasteiger partial charge is 0.464 e. The Kier molecular flexibility index (Phi) is 3.17. The first-order valence-electron chi connectivity index (χ1n) is 3.82. The van der Waals surface area contributed by atoms with Crippen molar-refractivity contribution in [3.63, 3.8) is 0 Å². The van der Waals surface area contributed by atoms with Crippen molar-refractivity contribution in [3.8, 4) is 0 Å². The fourth-order valence-electron chi connectivity index (χ4n) is 0.871. The molecule has 1 aromatic rings. The molecule has 0 radical (unpaired) electrons. The normalized spacial score (nSPS) is 9.29. The number of carbonyl (C=O) groups is 2. The van der Waals surface area contributed by atoms with E-state index in [9.17, 15) is 9.59 Å². The average Bonchev–Trinajstić information content (AvgIpc) is 2.27. The number of esters is 2. The number of rotatable bonds is 2. The predicted octanol–water partition coefficient (Wildman–Crippen LogP) is 0.655. The molecule has 0 aliphatic carbocycles. The summed E-state index contributed by atoms with van der Waals surface area (Å²) in [7, 11) is 2.49. The van der Waals surface area contributed by atoms with Crippen LogP contribution in [0.3, 0.4) is 0 Å². The third-order valence-electron chi connectivity index (χ3n) is 1.54. The zero-order valence-corrected chi connectivity index (χ0v) is 7.81. The van der Waals surface area contributed by atoms with Gasteiger partial charge in [-0.05, 0) is 12.1 Å². The monoisotopic (exact) mass is 195 g/mol. The van der Waals surface area contributed by atoms with E-state index in [1.807, 2.05) is 0 Å². The highest BCUT2D eigenvalue weighted by molar-refractivity contribution is 5.91. The molecule has 14 heavy (non-hydrogen) atoms. The van der Waals surface area contributed by atoms with E-state index in [-0.39, 0.29) is 11.4 Å². The third kappa shape index (κ3) is 2.07. The van der Waals surface area contributed by atoms with Crippen molar-refractivity contribution in [2.45, 2.75) is 0 Å². The second-order valence-electron chi connectivity index (χ2n) is 2.39. The lowest BCUT2D eigenvalue weighted by atomic mass is 10.3. The van der Waals surface area contributed by atoms with Gasteiger partial charge in [0.05, 0.1) is 14.2 Å². The molecule has 0 aromatic carbocycles. The minimum absolute atomic E-state index is 0.0791. The smallest absolute Gasteiger partial charge is 0.356 e. The molecular weight excluding hydrogens is 186 g/mol. The molecule has 5 heteroatoms. The van der Waals surface area contributed by atoms with Crippen molar-refractivity contribution >= 4 is 11.9 Å². The van der Waals surface area contributed by atoms with E-state index < -0.39 is 11.9 Å². The first-order valence-corrected chi connectivity index (χ1v) is 3.82. The van der Waals surface area contributed by atoms with Crippen LogP contribution in [0.4, 0.5) is 0 Å². The number of aromatic nitrogens is 1. The molecule has 0 fully saturated rings. The van der Waals surface area contributed by atoms with Crippen molar-refractivity contribution in [2.75, 3.05) is 14.2 Å². The van der Waals surface area contributed by atoms with Gasteiger partial charge >= 0.3 is 11.9 Å². The molecule has 0 unspecified atom stereocenters. The Hall–Kier alpha value is -1.91. The summed E-state index contributed by atoms with van der Waals surface area (Å²) in [6.07, 6.45) is 0. The van der Waals surface area contributed by atoms with Crippen molar-refractivity contribution in [3.05, 3.63) is 29.6 Å². The molecule has 0 aliphatic rings. The second-order valence-corrected chi connectivity index (χ2v) is 2.39. The van der Waals surface area contributed by atoms with Gasteiger partial charge in [0, 0.05) is 0 Å². The number of nitrogens with zero attached hydrogens (tertiary/aromatic N) is 1. The molecule has 0 saturated heterocycles. The van der Waals surface area contributed by atoms with Crippen LogP contribution in [0.1, 0.15) is 21.0 Å². The Bertz CT molecular complexity index is 330. The van der Waals surface area contributed by atoms with Crippen LogP contribution in [0.25, 0.3) is 0 Å². The molecule has 0 aliphatic heterocycles. The maximum Gasteiger partial charge on any atom is 0.356 e. The summed E-state index contributed by atoms with van der Waals surface area (Å²) >= 11 is 0. The number of methoxy groups -OCH3 is 2. The lowest BCUT2D eigenvalue weighted by molar-refractivity contribution is 0.0586. The van der Waals surface area contributed by atoms with E-state index >= 15 is 0 Å². The van der Waals surface area contributed by atoms with Crippen LogP contribution in [0.5, 0.6) is 0 Å². The third-order valence-corrected chi connectivity index (χ3v) is 1.54. The van der Waals surface area contributed by atoms with Gasteiger partial charge in [-0.1, -0.05) is 6.07 Å². The van der Waals surface area contributed by atoms with Crippen LogP contribution >= 0.6 is 0 Å². The lowest BCUT2D eigenvalue weighted by Gasteiger charge is -2.00. The molecule has 0 spiro atoms. The van der Waals surface area contributed by atoms with E-state index in [1.54, 1.807) is 0 Å². The van der Waals surface area contributed by atoms with Crippen molar-refractivity contribution in [1.29, 1.82) is 0 Å².